The monoisotopic (exact) mass is 374 g/mol. The average molecular weight is 374 g/mol. The maximum Gasteiger partial charge on any atom is 0.270 e. The van der Waals surface area contributed by atoms with Crippen molar-refractivity contribution in [2.45, 2.75) is 12.5 Å². The third-order valence-corrected chi connectivity index (χ3v) is 4.75. The number of nitriles is 1. The molecule has 1 unspecified atom stereocenters. The maximum atomic E-state index is 12.9. The number of pyridine rings is 2. The molecule has 2 aromatic heterocycles. The van der Waals surface area contributed by atoms with E-state index in [0.29, 0.717) is 35.3 Å². The van der Waals surface area contributed by atoms with Gasteiger partial charge in [0.2, 0.25) is 0 Å². The topological polar surface area (TPSA) is 97.1 Å². The number of carbonyl (C=O) groups excluding carboxylic acids is 1. The van der Waals surface area contributed by atoms with E-state index in [9.17, 15) is 10.1 Å². The number of ether oxygens (including phenoxy) is 2. The molecule has 0 spiro atoms. The van der Waals surface area contributed by atoms with Crippen LogP contribution in [0.15, 0.2) is 42.7 Å². The van der Waals surface area contributed by atoms with E-state index in [2.05, 4.69) is 21.4 Å². The maximum absolute atomic E-state index is 12.9. The standard InChI is InChI=1S/C21H18N4O3/c1-27-15-4-5-16-17(9-15)19(13-3-2-7-23-11-13)18(10-22)25-20(16)21(26)24-14-6-8-28-12-14/h2-5,7,9,11,14H,6,8,12H2,1H3,(H,24,26). The van der Waals surface area contributed by atoms with Gasteiger partial charge in [0.15, 0.2) is 0 Å². The molecule has 28 heavy (non-hydrogen) atoms. The fourth-order valence-electron chi connectivity index (χ4n) is 3.38. The number of carbonyl (C=O) groups is 1. The number of hydrogen-bond donors (Lipinski definition) is 1. The lowest BCUT2D eigenvalue weighted by Gasteiger charge is -2.15. The molecule has 1 atom stereocenters. The van der Waals surface area contributed by atoms with E-state index >= 15 is 0 Å². The summed E-state index contributed by atoms with van der Waals surface area (Å²) in [6, 6.07) is 11.1. The Morgan fingerprint density at radius 2 is 2.25 bits per heavy atom. The van der Waals surface area contributed by atoms with E-state index in [4.69, 9.17) is 9.47 Å². The van der Waals surface area contributed by atoms with Crippen molar-refractivity contribution in [3.63, 3.8) is 0 Å². The van der Waals surface area contributed by atoms with Gasteiger partial charge in [-0.2, -0.15) is 5.26 Å². The molecule has 7 nitrogen and oxygen atoms in total. The average Bonchev–Trinajstić information content (AvgIpc) is 3.25. The summed E-state index contributed by atoms with van der Waals surface area (Å²) >= 11 is 0. The van der Waals surface area contributed by atoms with E-state index in [1.807, 2.05) is 12.1 Å². The highest BCUT2D eigenvalue weighted by Gasteiger charge is 2.24. The minimum absolute atomic E-state index is 0.0499. The Balaban J connectivity index is 1.92. The molecule has 0 aliphatic carbocycles. The van der Waals surface area contributed by atoms with Crippen molar-refractivity contribution < 1.29 is 14.3 Å². The lowest BCUT2D eigenvalue weighted by molar-refractivity contribution is 0.0926. The summed E-state index contributed by atoms with van der Waals surface area (Å²) < 4.78 is 10.7. The molecule has 1 aliphatic rings. The molecule has 0 saturated carbocycles. The number of amides is 1. The van der Waals surface area contributed by atoms with Crippen LogP contribution in [0.5, 0.6) is 5.75 Å². The lowest BCUT2D eigenvalue weighted by Crippen LogP contribution is -2.35. The van der Waals surface area contributed by atoms with Crippen LogP contribution in [0.25, 0.3) is 21.9 Å². The van der Waals surface area contributed by atoms with Crippen LogP contribution in [-0.2, 0) is 4.74 Å². The molecule has 3 aromatic rings. The van der Waals surface area contributed by atoms with Gasteiger partial charge in [-0.1, -0.05) is 6.07 Å². The van der Waals surface area contributed by atoms with Gasteiger partial charge in [0.1, 0.15) is 23.2 Å². The predicted octanol–water partition coefficient (Wildman–Crippen LogP) is 2.70. The number of aromatic nitrogens is 2. The number of methoxy groups -OCH3 is 1. The molecule has 1 aromatic carbocycles. The number of fused-ring (bicyclic) bond motifs is 1. The fourth-order valence-corrected chi connectivity index (χ4v) is 3.38. The number of nitrogens with one attached hydrogen (secondary N) is 1. The first kappa shape index (κ1) is 17.9. The summed E-state index contributed by atoms with van der Waals surface area (Å²) in [6.07, 6.45) is 4.10. The van der Waals surface area contributed by atoms with Gasteiger partial charge >= 0.3 is 0 Å². The lowest BCUT2D eigenvalue weighted by atomic mass is 9.96. The van der Waals surface area contributed by atoms with Crippen molar-refractivity contribution in [1.29, 1.82) is 5.26 Å². The predicted molar refractivity (Wildman–Crippen MR) is 103 cm³/mol. The van der Waals surface area contributed by atoms with E-state index in [1.54, 1.807) is 37.7 Å². The van der Waals surface area contributed by atoms with Crippen LogP contribution in [0.2, 0.25) is 0 Å². The summed E-state index contributed by atoms with van der Waals surface area (Å²) in [5.41, 5.74) is 1.77. The molecule has 0 radical (unpaired) electrons. The van der Waals surface area contributed by atoms with E-state index < -0.39 is 0 Å². The molecule has 1 aliphatic heterocycles. The second-order valence-corrected chi connectivity index (χ2v) is 6.48. The minimum atomic E-state index is -0.320. The van der Waals surface area contributed by atoms with E-state index in [-0.39, 0.29) is 23.3 Å². The zero-order valence-corrected chi connectivity index (χ0v) is 15.3. The molecule has 1 N–H and O–H groups in total. The van der Waals surface area contributed by atoms with Gasteiger partial charge < -0.3 is 14.8 Å². The Hall–Kier alpha value is -3.50. The second kappa shape index (κ2) is 7.62. The van der Waals surface area contributed by atoms with E-state index in [0.717, 1.165) is 12.0 Å². The summed E-state index contributed by atoms with van der Waals surface area (Å²) in [4.78, 5) is 21.5. The fraction of sp³-hybridized carbons (Fsp3) is 0.238. The van der Waals surface area contributed by atoms with Crippen LogP contribution in [-0.4, -0.2) is 42.2 Å². The van der Waals surface area contributed by atoms with Crippen molar-refractivity contribution in [3.8, 4) is 22.9 Å². The largest absolute Gasteiger partial charge is 0.497 e. The van der Waals surface area contributed by atoms with Crippen molar-refractivity contribution >= 4 is 16.7 Å². The zero-order chi connectivity index (χ0) is 19.5. The molecule has 140 valence electrons. The van der Waals surface area contributed by atoms with Gasteiger partial charge in [-0.3, -0.25) is 9.78 Å². The van der Waals surface area contributed by atoms with Gasteiger partial charge in [-0.25, -0.2) is 4.98 Å². The van der Waals surface area contributed by atoms with Crippen LogP contribution < -0.4 is 10.1 Å². The molecular formula is C21H18N4O3. The number of hydrogen-bond acceptors (Lipinski definition) is 6. The summed E-state index contributed by atoms with van der Waals surface area (Å²) in [6.45, 7) is 1.11. The van der Waals surface area contributed by atoms with E-state index in [1.165, 1.54) is 0 Å². The Morgan fingerprint density at radius 3 is 2.93 bits per heavy atom. The molecule has 4 rings (SSSR count). The van der Waals surface area contributed by atoms with Gasteiger partial charge in [-0.05, 0) is 36.1 Å². The molecular weight excluding hydrogens is 356 g/mol. The molecule has 7 heteroatoms. The van der Waals surface area contributed by atoms with Crippen LogP contribution in [0, 0.1) is 11.3 Å². The highest BCUT2D eigenvalue weighted by Crippen LogP contribution is 2.34. The number of nitrogens with zero attached hydrogens (tertiary/aromatic N) is 3. The first-order valence-electron chi connectivity index (χ1n) is 8.92. The second-order valence-electron chi connectivity index (χ2n) is 6.48. The Morgan fingerprint density at radius 1 is 1.36 bits per heavy atom. The molecule has 0 bridgehead atoms. The van der Waals surface area contributed by atoms with Crippen molar-refractivity contribution in [1.82, 2.24) is 15.3 Å². The van der Waals surface area contributed by atoms with Crippen LogP contribution in [0.3, 0.4) is 0 Å². The van der Waals surface area contributed by atoms with Gasteiger partial charge in [0.05, 0.1) is 19.8 Å². The molecule has 1 fully saturated rings. The van der Waals surface area contributed by atoms with Gasteiger partial charge in [0, 0.05) is 35.5 Å². The van der Waals surface area contributed by atoms with Crippen molar-refractivity contribution in [2.24, 2.45) is 0 Å². The normalized spacial score (nSPS) is 15.9. The zero-order valence-electron chi connectivity index (χ0n) is 15.3. The first-order valence-corrected chi connectivity index (χ1v) is 8.92. The Labute approximate surface area is 161 Å². The van der Waals surface area contributed by atoms with Crippen LogP contribution >= 0.6 is 0 Å². The SMILES string of the molecule is COc1ccc2c(C(=O)NC3CCOC3)nc(C#N)c(-c3cccnc3)c2c1. The minimum Gasteiger partial charge on any atom is -0.497 e. The smallest absolute Gasteiger partial charge is 0.270 e. The van der Waals surface area contributed by atoms with Crippen LogP contribution in [0.4, 0.5) is 0 Å². The third kappa shape index (κ3) is 3.26. The molecule has 1 amide bonds. The molecule has 3 heterocycles. The van der Waals surface area contributed by atoms with Crippen molar-refractivity contribution in [3.05, 3.63) is 54.1 Å². The Bertz CT molecular complexity index is 1070. The first-order chi connectivity index (χ1) is 13.7. The number of benzene rings is 1. The third-order valence-electron chi connectivity index (χ3n) is 4.75. The summed E-state index contributed by atoms with van der Waals surface area (Å²) in [5, 5.41) is 14.1. The van der Waals surface area contributed by atoms with Crippen molar-refractivity contribution in [2.75, 3.05) is 20.3 Å². The number of rotatable bonds is 4. The molecule has 1 saturated heterocycles. The highest BCUT2D eigenvalue weighted by atomic mass is 16.5. The van der Waals surface area contributed by atoms with Gasteiger partial charge in [0.25, 0.3) is 5.91 Å². The Kier molecular flexibility index (Phi) is 4.87. The summed E-state index contributed by atoms with van der Waals surface area (Å²) in [5.74, 6) is 0.309. The highest BCUT2D eigenvalue weighted by molar-refractivity contribution is 6.10. The summed E-state index contributed by atoms with van der Waals surface area (Å²) in [7, 11) is 1.57. The quantitative estimate of drug-likeness (QED) is 0.754. The van der Waals surface area contributed by atoms with Gasteiger partial charge in [-0.15, -0.1) is 0 Å². The van der Waals surface area contributed by atoms with Crippen LogP contribution in [0.1, 0.15) is 22.6 Å².